The Bertz CT molecular complexity index is 850. The lowest BCUT2D eigenvalue weighted by Crippen LogP contribution is -2.43. The molecule has 0 unspecified atom stereocenters. The van der Waals surface area contributed by atoms with E-state index in [1.165, 1.54) is 18.2 Å². The fourth-order valence-electron chi connectivity index (χ4n) is 3.76. The lowest BCUT2D eigenvalue weighted by atomic mass is 9.86. The molecule has 0 radical (unpaired) electrons. The number of esters is 1. The second-order valence-electron chi connectivity index (χ2n) is 7.63. The molecule has 0 bridgehead atoms. The number of carbonyl (C=O) groups excluding carboxylic acids is 2. The third-order valence-corrected chi connectivity index (χ3v) is 6.64. The van der Waals surface area contributed by atoms with Crippen LogP contribution in [0.5, 0.6) is 0 Å². The quantitative estimate of drug-likeness (QED) is 0.550. The standard InChI is InChI=1S/C22H29N3O3S/c1-15-9-7-8-12-19(15)23-20(26)13-28-21(27)14-29-22-16(2)24-25(17(22)3)18-10-5-4-6-11-18/h4-6,10-11,15,19H,7-9,12-14H2,1-3H3,(H,23,26)/t15-,19-/m0/s1. The largest absolute Gasteiger partial charge is 0.455 e. The van der Waals surface area contributed by atoms with Crippen molar-refractivity contribution < 1.29 is 14.3 Å². The topological polar surface area (TPSA) is 73.2 Å². The molecule has 1 aliphatic carbocycles. The van der Waals surface area contributed by atoms with Crippen molar-refractivity contribution in [2.75, 3.05) is 12.4 Å². The molecule has 1 aliphatic rings. The van der Waals surface area contributed by atoms with Crippen LogP contribution < -0.4 is 5.32 Å². The van der Waals surface area contributed by atoms with Crippen molar-refractivity contribution in [3.05, 3.63) is 41.7 Å². The minimum Gasteiger partial charge on any atom is -0.455 e. The van der Waals surface area contributed by atoms with Crippen LogP contribution in [0.4, 0.5) is 0 Å². The van der Waals surface area contributed by atoms with Gasteiger partial charge in [-0.25, -0.2) is 4.68 Å². The summed E-state index contributed by atoms with van der Waals surface area (Å²) >= 11 is 1.40. The number of rotatable bonds is 7. The summed E-state index contributed by atoms with van der Waals surface area (Å²) in [5.41, 5.74) is 2.83. The van der Waals surface area contributed by atoms with Crippen LogP contribution in [0.15, 0.2) is 35.2 Å². The second kappa shape index (κ2) is 9.96. The monoisotopic (exact) mass is 415 g/mol. The fraction of sp³-hybridized carbons (Fsp3) is 0.500. The molecule has 1 heterocycles. The van der Waals surface area contributed by atoms with Crippen molar-refractivity contribution in [3.8, 4) is 5.69 Å². The van der Waals surface area contributed by atoms with Gasteiger partial charge in [0.15, 0.2) is 6.61 Å². The van der Waals surface area contributed by atoms with Gasteiger partial charge in [0.25, 0.3) is 5.91 Å². The number of amides is 1. The molecule has 2 atom stereocenters. The third kappa shape index (κ3) is 5.63. The summed E-state index contributed by atoms with van der Waals surface area (Å²) in [6.07, 6.45) is 4.50. The first-order valence-corrected chi connectivity index (χ1v) is 11.1. The van der Waals surface area contributed by atoms with Crippen molar-refractivity contribution in [2.45, 2.75) is 57.4 Å². The fourth-order valence-corrected chi connectivity index (χ4v) is 4.65. The van der Waals surface area contributed by atoms with Gasteiger partial charge in [-0.15, -0.1) is 11.8 Å². The number of nitrogens with zero attached hydrogens (tertiary/aromatic N) is 2. The van der Waals surface area contributed by atoms with Crippen LogP contribution in [0.3, 0.4) is 0 Å². The molecule has 1 N–H and O–H groups in total. The van der Waals surface area contributed by atoms with Crippen molar-refractivity contribution in [3.63, 3.8) is 0 Å². The van der Waals surface area contributed by atoms with Crippen LogP contribution in [-0.4, -0.2) is 40.1 Å². The number of para-hydroxylation sites is 1. The van der Waals surface area contributed by atoms with Crippen molar-refractivity contribution in [2.24, 2.45) is 5.92 Å². The highest BCUT2D eigenvalue weighted by Gasteiger charge is 2.23. The third-order valence-electron chi connectivity index (χ3n) is 5.38. The van der Waals surface area contributed by atoms with Crippen LogP contribution in [0.25, 0.3) is 5.69 Å². The SMILES string of the molecule is Cc1nn(-c2ccccc2)c(C)c1SCC(=O)OCC(=O)N[C@H]1CCCC[C@@H]1C. The minimum atomic E-state index is -0.395. The van der Waals surface area contributed by atoms with Crippen LogP contribution >= 0.6 is 11.8 Å². The summed E-state index contributed by atoms with van der Waals surface area (Å²) in [6, 6.07) is 10.1. The van der Waals surface area contributed by atoms with E-state index >= 15 is 0 Å². The molecule has 1 aromatic carbocycles. The Labute approximate surface area is 176 Å². The summed E-state index contributed by atoms with van der Waals surface area (Å²) in [4.78, 5) is 25.2. The number of hydrogen-bond donors (Lipinski definition) is 1. The molecular formula is C22H29N3O3S. The predicted octanol–water partition coefficient (Wildman–Crippen LogP) is 3.82. The number of carbonyl (C=O) groups is 2. The van der Waals surface area contributed by atoms with Gasteiger partial charge >= 0.3 is 5.97 Å². The highest BCUT2D eigenvalue weighted by Crippen LogP contribution is 2.28. The number of hydrogen-bond acceptors (Lipinski definition) is 5. The zero-order valence-electron chi connectivity index (χ0n) is 17.3. The Morgan fingerprint density at radius 2 is 1.93 bits per heavy atom. The maximum atomic E-state index is 12.1. The number of benzene rings is 1. The van der Waals surface area contributed by atoms with Crippen LogP contribution in [0.2, 0.25) is 0 Å². The molecule has 1 amide bonds. The molecule has 1 fully saturated rings. The highest BCUT2D eigenvalue weighted by molar-refractivity contribution is 8.00. The van der Waals surface area contributed by atoms with Crippen LogP contribution in [0.1, 0.15) is 44.0 Å². The van der Waals surface area contributed by atoms with Gasteiger partial charge in [0, 0.05) is 6.04 Å². The maximum Gasteiger partial charge on any atom is 0.316 e. The Hall–Kier alpha value is -2.28. The first-order chi connectivity index (χ1) is 14.0. The molecule has 0 aliphatic heterocycles. The first kappa shape index (κ1) is 21.4. The smallest absolute Gasteiger partial charge is 0.316 e. The molecule has 1 saturated carbocycles. The van der Waals surface area contributed by atoms with E-state index < -0.39 is 5.97 Å². The molecular weight excluding hydrogens is 386 g/mol. The Morgan fingerprint density at radius 3 is 2.66 bits per heavy atom. The average molecular weight is 416 g/mol. The summed E-state index contributed by atoms with van der Waals surface area (Å²) in [6.45, 7) is 5.86. The number of aryl methyl sites for hydroxylation is 1. The summed E-state index contributed by atoms with van der Waals surface area (Å²) in [5, 5.41) is 7.59. The van der Waals surface area contributed by atoms with Crippen molar-refractivity contribution in [1.29, 1.82) is 0 Å². The van der Waals surface area contributed by atoms with E-state index in [2.05, 4.69) is 17.3 Å². The lowest BCUT2D eigenvalue weighted by Gasteiger charge is -2.29. The second-order valence-corrected chi connectivity index (χ2v) is 8.62. The first-order valence-electron chi connectivity index (χ1n) is 10.1. The molecule has 29 heavy (non-hydrogen) atoms. The Balaban J connectivity index is 1.48. The summed E-state index contributed by atoms with van der Waals surface area (Å²) in [5.74, 6) is 0.0143. The number of ether oxygens (including phenoxy) is 1. The molecule has 6 nitrogen and oxygen atoms in total. The predicted molar refractivity (Wildman–Crippen MR) is 114 cm³/mol. The molecule has 7 heteroatoms. The highest BCUT2D eigenvalue weighted by atomic mass is 32.2. The van der Waals surface area contributed by atoms with Gasteiger partial charge in [-0.05, 0) is 44.7 Å². The van der Waals surface area contributed by atoms with E-state index in [0.29, 0.717) is 5.92 Å². The maximum absolute atomic E-state index is 12.1. The van der Waals surface area contributed by atoms with E-state index in [0.717, 1.165) is 41.2 Å². The van der Waals surface area contributed by atoms with Crippen LogP contribution in [0, 0.1) is 19.8 Å². The van der Waals surface area contributed by atoms with E-state index in [4.69, 9.17) is 4.74 Å². The Kier molecular flexibility index (Phi) is 7.36. The average Bonchev–Trinajstić information content (AvgIpc) is 3.01. The lowest BCUT2D eigenvalue weighted by molar-refractivity contribution is -0.146. The van der Waals surface area contributed by atoms with Gasteiger partial charge in [-0.1, -0.05) is 38.0 Å². The van der Waals surface area contributed by atoms with E-state index in [-0.39, 0.29) is 24.3 Å². The van der Waals surface area contributed by atoms with Crippen molar-refractivity contribution >= 4 is 23.6 Å². The van der Waals surface area contributed by atoms with E-state index in [1.807, 2.05) is 48.9 Å². The van der Waals surface area contributed by atoms with Gasteiger partial charge < -0.3 is 10.1 Å². The van der Waals surface area contributed by atoms with Gasteiger partial charge in [0.1, 0.15) is 0 Å². The van der Waals surface area contributed by atoms with E-state index in [9.17, 15) is 9.59 Å². The van der Waals surface area contributed by atoms with E-state index in [1.54, 1.807) is 0 Å². The molecule has 156 valence electrons. The molecule has 2 aromatic rings. The zero-order valence-corrected chi connectivity index (χ0v) is 18.1. The molecule has 3 rings (SSSR count). The summed E-state index contributed by atoms with van der Waals surface area (Å²) < 4.78 is 7.05. The summed E-state index contributed by atoms with van der Waals surface area (Å²) in [7, 11) is 0. The Morgan fingerprint density at radius 1 is 1.21 bits per heavy atom. The molecule has 0 spiro atoms. The van der Waals surface area contributed by atoms with Crippen LogP contribution in [-0.2, 0) is 14.3 Å². The molecule has 0 saturated heterocycles. The van der Waals surface area contributed by atoms with Gasteiger partial charge in [0.2, 0.25) is 0 Å². The normalized spacial score (nSPS) is 19.0. The molecule has 1 aromatic heterocycles. The van der Waals surface area contributed by atoms with Gasteiger partial charge in [-0.2, -0.15) is 5.10 Å². The zero-order chi connectivity index (χ0) is 20.8. The van der Waals surface area contributed by atoms with Crippen molar-refractivity contribution in [1.82, 2.24) is 15.1 Å². The van der Waals surface area contributed by atoms with Gasteiger partial charge in [-0.3, -0.25) is 9.59 Å². The minimum absolute atomic E-state index is 0.148. The number of thioether (sulfide) groups is 1. The number of nitrogens with one attached hydrogen (secondary N) is 1. The number of aromatic nitrogens is 2. The van der Waals surface area contributed by atoms with Gasteiger partial charge in [0.05, 0.1) is 27.7 Å².